The van der Waals surface area contributed by atoms with Crippen LogP contribution in [0.1, 0.15) is 12.8 Å². The zero-order valence-electron chi connectivity index (χ0n) is 12.1. The lowest BCUT2D eigenvalue weighted by atomic mass is 10.2. The Morgan fingerprint density at radius 1 is 1.30 bits per heavy atom. The van der Waals surface area contributed by atoms with Crippen molar-refractivity contribution < 1.29 is 24.6 Å². The Hall–Kier alpha value is -2.52. The van der Waals surface area contributed by atoms with E-state index in [0.717, 1.165) is 5.69 Å². The van der Waals surface area contributed by atoms with Crippen LogP contribution >= 0.6 is 12.2 Å². The van der Waals surface area contributed by atoms with Gasteiger partial charge in [0.2, 0.25) is 5.91 Å². The molecular weight excluding hydrogens is 322 g/mol. The van der Waals surface area contributed by atoms with Gasteiger partial charge in [-0.3, -0.25) is 14.4 Å². The van der Waals surface area contributed by atoms with Gasteiger partial charge in [0.25, 0.3) is 0 Å². The molecule has 0 aromatic heterocycles. The van der Waals surface area contributed by atoms with Crippen LogP contribution in [0.15, 0.2) is 30.3 Å². The molecule has 1 aliphatic rings. The van der Waals surface area contributed by atoms with Crippen molar-refractivity contribution in [3.63, 3.8) is 0 Å². The van der Waals surface area contributed by atoms with Crippen molar-refractivity contribution in [1.82, 2.24) is 5.32 Å². The van der Waals surface area contributed by atoms with Crippen molar-refractivity contribution in [1.29, 1.82) is 0 Å². The lowest BCUT2D eigenvalue weighted by Crippen LogP contribution is -2.30. The maximum Gasteiger partial charge on any atom is 0.320 e. The molecule has 0 aliphatic carbocycles. The number of hydrogen-bond acceptors (Lipinski definition) is 5. The summed E-state index contributed by atoms with van der Waals surface area (Å²) < 4.78 is 0. The molecule has 1 amide bonds. The number of rotatable bonds is 5. The molecule has 5 N–H and O–H groups in total. The van der Waals surface area contributed by atoms with Crippen LogP contribution in [0, 0.1) is 0 Å². The van der Waals surface area contributed by atoms with Crippen LogP contribution in [0.2, 0.25) is 0 Å². The summed E-state index contributed by atoms with van der Waals surface area (Å²) in [5.74, 6) is -2.24. The lowest BCUT2D eigenvalue weighted by Gasteiger charge is -2.14. The van der Waals surface area contributed by atoms with E-state index in [1.165, 1.54) is 0 Å². The highest BCUT2D eigenvalue weighted by molar-refractivity contribution is 7.80. The highest BCUT2D eigenvalue weighted by atomic mass is 32.1. The first-order chi connectivity index (χ1) is 10.8. The van der Waals surface area contributed by atoms with E-state index in [-0.39, 0.29) is 18.7 Å². The fourth-order valence-corrected chi connectivity index (χ4v) is 1.94. The number of carbonyl (C=O) groups is 3. The van der Waals surface area contributed by atoms with Gasteiger partial charge < -0.3 is 26.2 Å². The number of hydrogen-bond donors (Lipinski definition) is 4. The molecule has 1 aliphatic heterocycles. The maximum absolute atomic E-state index is 11.0. The number of nitrogens with one attached hydrogen (secondary N) is 1. The molecule has 9 heteroatoms. The van der Waals surface area contributed by atoms with Crippen LogP contribution in [0.4, 0.5) is 5.69 Å². The molecule has 1 fully saturated rings. The second-order valence-electron chi connectivity index (χ2n) is 4.65. The predicted molar refractivity (Wildman–Crippen MR) is 87.0 cm³/mol. The van der Waals surface area contributed by atoms with Crippen molar-refractivity contribution in [2.45, 2.75) is 18.9 Å². The molecule has 0 bridgehead atoms. The molecule has 1 aromatic carbocycles. The number of carboxylic acids is 2. The molecule has 1 heterocycles. The number of anilines is 1. The first-order valence-corrected chi connectivity index (χ1v) is 7.08. The van der Waals surface area contributed by atoms with E-state index in [1.807, 2.05) is 30.3 Å². The van der Waals surface area contributed by atoms with Gasteiger partial charge in [-0.15, -0.1) is 0 Å². The molecular formula is C14H17N3O5S. The number of amides is 1. The van der Waals surface area contributed by atoms with Gasteiger partial charge in [-0.2, -0.15) is 0 Å². The van der Waals surface area contributed by atoms with E-state index >= 15 is 0 Å². The fourth-order valence-electron chi connectivity index (χ4n) is 1.66. The number of thiocarbonyl (C=S) groups is 1. The third-order valence-electron chi connectivity index (χ3n) is 2.85. The predicted octanol–water partition coefficient (Wildman–Crippen LogP) is 0.171. The van der Waals surface area contributed by atoms with Crippen molar-refractivity contribution in [3.8, 4) is 0 Å². The summed E-state index contributed by atoms with van der Waals surface area (Å²) in [4.78, 5) is 32.6. The third kappa shape index (κ3) is 6.41. The minimum Gasteiger partial charge on any atom is -0.481 e. The van der Waals surface area contributed by atoms with Gasteiger partial charge in [-0.25, -0.2) is 0 Å². The standard InChI is InChI=1S/C9H8N2OS.C5H9NO4/c12-8-6-11(9(13)10-8)7-4-2-1-3-5-7;6-3(5(9)10)1-2-4(7)8/h1-5H,6H2,(H,10,12,13);3H,1-2,6H2,(H,7,8)(H,9,10)/t;3-/m.0/s1. The summed E-state index contributed by atoms with van der Waals surface area (Å²) in [5, 5.41) is 19.3. The first kappa shape index (κ1) is 18.5. The van der Waals surface area contributed by atoms with Crippen LogP contribution in [0.3, 0.4) is 0 Å². The normalized spacial score (nSPS) is 14.6. The van der Waals surface area contributed by atoms with Gasteiger partial charge >= 0.3 is 11.9 Å². The Kier molecular flexibility index (Phi) is 7.10. The summed E-state index contributed by atoms with van der Waals surface area (Å²) in [6.07, 6.45) is -0.224. The molecule has 1 aromatic rings. The minimum atomic E-state index is -1.17. The molecule has 0 spiro atoms. The summed E-state index contributed by atoms with van der Waals surface area (Å²) in [6.45, 7) is 0.322. The fraction of sp³-hybridized carbons (Fsp3) is 0.286. The highest BCUT2D eigenvalue weighted by Crippen LogP contribution is 2.15. The summed E-state index contributed by atoms with van der Waals surface area (Å²) in [5.41, 5.74) is 5.95. The van der Waals surface area contributed by atoms with Crippen molar-refractivity contribution >= 4 is 40.9 Å². The smallest absolute Gasteiger partial charge is 0.320 e. The van der Waals surface area contributed by atoms with E-state index in [4.69, 9.17) is 28.2 Å². The Balaban J connectivity index is 0.000000241. The van der Waals surface area contributed by atoms with Gasteiger partial charge in [-0.1, -0.05) is 18.2 Å². The zero-order chi connectivity index (χ0) is 17.4. The van der Waals surface area contributed by atoms with Crippen molar-refractivity contribution in [2.24, 2.45) is 5.73 Å². The first-order valence-electron chi connectivity index (χ1n) is 6.68. The van der Waals surface area contributed by atoms with E-state index in [1.54, 1.807) is 4.90 Å². The largest absolute Gasteiger partial charge is 0.481 e. The Labute approximate surface area is 137 Å². The van der Waals surface area contributed by atoms with Crippen LogP contribution in [-0.4, -0.2) is 45.8 Å². The van der Waals surface area contributed by atoms with Gasteiger partial charge in [0.1, 0.15) is 12.6 Å². The van der Waals surface area contributed by atoms with Crippen LogP contribution < -0.4 is 16.0 Å². The second-order valence-corrected chi connectivity index (χ2v) is 5.04. The summed E-state index contributed by atoms with van der Waals surface area (Å²) in [6, 6.07) is 8.55. The SMILES string of the molecule is N[C@@H](CCC(=O)O)C(=O)O.O=C1CN(c2ccccc2)C(=S)N1. The number of para-hydroxylation sites is 1. The average Bonchev–Trinajstić information content (AvgIpc) is 2.85. The molecule has 1 saturated heterocycles. The maximum atomic E-state index is 11.0. The highest BCUT2D eigenvalue weighted by Gasteiger charge is 2.23. The molecule has 0 saturated carbocycles. The van der Waals surface area contributed by atoms with Gasteiger partial charge in [0.05, 0.1) is 0 Å². The second kappa shape index (κ2) is 8.81. The Morgan fingerprint density at radius 3 is 2.35 bits per heavy atom. The van der Waals surface area contributed by atoms with Crippen LogP contribution in [0.5, 0.6) is 0 Å². The molecule has 0 radical (unpaired) electrons. The Bertz CT molecular complexity index is 593. The van der Waals surface area contributed by atoms with E-state index in [0.29, 0.717) is 11.7 Å². The molecule has 0 unspecified atom stereocenters. The van der Waals surface area contributed by atoms with E-state index < -0.39 is 18.0 Å². The average molecular weight is 339 g/mol. The molecule has 2 rings (SSSR count). The van der Waals surface area contributed by atoms with E-state index in [2.05, 4.69) is 5.32 Å². The summed E-state index contributed by atoms with van der Waals surface area (Å²) >= 11 is 4.99. The van der Waals surface area contributed by atoms with Crippen LogP contribution in [-0.2, 0) is 14.4 Å². The lowest BCUT2D eigenvalue weighted by molar-refractivity contribution is -0.139. The molecule has 23 heavy (non-hydrogen) atoms. The third-order valence-corrected chi connectivity index (χ3v) is 3.17. The number of aliphatic carboxylic acids is 2. The molecule has 1 atom stereocenters. The summed E-state index contributed by atoms with van der Waals surface area (Å²) in [7, 11) is 0. The minimum absolute atomic E-state index is 0.0231. The van der Waals surface area contributed by atoms with Crippen LogP contribution in [0.25, 0.3) is 0 Å². The monoisotopic (exact) mass is 339 g/mol. The topological polar surface area (TPSA) is 133 Å². The number of nitrogens with two attached hydrogens (primary N) is 1. The van der Waals surface area contributed by atoms with Gasteiger partial charge in [0.15, 0.2) is 5.11 Å². The molecule has 8 nitrogen and oxygen atoms in total. The zero-order valence-corrected chi connectivity index (χ0v) is 13.0. The number of nitrogens with zero attached hydrogens (tertiary/aromatic N) is 1. The number of carbonyl (C=O) groups excluding carboxylic acids is 1. The number of benzene rings is 1. The van der Waals surface area contributed by atoms with Gasteiger partial charge in [-0.05, 0) is 30.8 Å². The quantitative estimate of drug-likeness (QED) is 0.558. The molecule has 124 valence electrons. The Morgan fingerprint density at radius 2 is 1.91 bits per heavy atom. The number of carboxylic acid groups (broad SMARTS) is 2. The van der Waals surface area contributed by atoms with Crippen molar-refractivity contribution in [3.05, 3.63) is 30.3 Å². The van der Waals surface area contributed by atoms with Crippen molar-refractivity contribution in [2.75, 3.05) is 11.4 Å². The van der Waals surface area contributed by atoms with Gasteiger partial charge in [0, 0.05) is 12.1 Å². The van der Waals surface area contributed by atoms with E-state index in [9.17, 15) is 14.4 Å².